The van der Waals surface area contributed by atoms with Crippen molar-refractivity contribution in [2.75, 3.05) is 10.6 Å². The molecule has 0 unspecified atom stereocenters. The number of fused-ring (bicyclic) bond motifs is 1. The summed E-state index contributed by atoms with van der Waals surface area (Å²) in [5.74, 6) is -0.221. The zero-order chi connectivity index (χ0) is 24.6. The van der Waals surface area contributed by atoms with E-state index in [1.807, 2.05) is 6.92 Å². The molecule has 1 atom stereocenters. The highest BCUT2D eigenvalue weighted by atomic mass is 19.4. The number of pyridine rings is 1. The number of hydrogen-bond donors (Lipinski definition) is 2. The van der Waals surface area contributed by atoms with Gasteiger partial charge in [-0.15, -0.1) is 0 Å². The highest BCUT2D eigenvalue weighted by Crippen LogP contribution is 2.51. The Labute approximate surface area is 197 Å². The van der Waals surface area contributed by atoms with Crippen LogP contribution in [0.2, 0.25) is 0 Å². The molecule has 5 rings (SSSR count). The fraction of sp³-hybridized carbons (Fsp3) is 0.348. The molecule has 4 aromatic rings. The Morgan fingerprint density at radius 2 is 1.83 bits per heavy atom. The zero-order valence-electron chi connectivity index (χ0n) is 18.7. The van der Waals surface area contributed by atoms with E-state index in [4.69, 9.17) is 0 Å². The summed E-state index contributed by atoms with van der Waals surface area (Å²) in [6.45, 7) is 2.45. The largest absolute Gasteiger partial charge is 0.411 e. The first-order chi connectivity index (χ1) is 16.8. The first kappa shape index (κ1) is 22.9. The summed E-state index contributed by atoms with van der Waals surface area (Å²) in [7, 11) is 0. The molecular weight excluding hydrogens is 464 g/mol. The zero-order valence-corrected chi connectivity index (χ0v) is 18.7. The third-order valence-electron chi connectivity index (χ3n) is 6.03. The van der Waals surface area contributed by atoms with E-state index in [1.54, 1.807) is 35.3 Å². The van der Waals surface area contributed by atoms with Crippen LogP contribution in [0.3, 0.4) is 0 Å². The van der Waals surface area contributed by atoms with Crippen molar-refractivity contribution in [2.24, 2.45) is 0 Å². The standard InChI is InChI=1S/C23H22F4N8/c1-2-16(11-35-13-28-12-29-35)30-21-32-18-8-7-17(14-3-5-15(24)6-4-14)31-19(18)20(33-21)34-22(9-10-22)23(25,26)27/h3-8,12-13,16H,2,9-11H2,1H3,(H2,30,32,33,34)/t16-/m0/s1. The number of nitrogens with zero attached hydrogens (tertiary/aromatic N) is 6. The minimum absolute atomic E-state index is 0.00750. The molecule has 1 fully saturated rings. The van der Waals surface area contributed by atoms with Crippen molar-refractivity contribution in [1.29, 1.82) is 0 Å². The van der Waals surface area contributed by atoms with Crippen LogP contribution in [0.5, 0.6) is 0 Å². The maximum Gasteiger partial charge on any atom is 0.411 e. The minimum Gasteiger partial charge on any atom is -0.354 e. The predicted octanol–water partition coefficient (Wildman–Crippen LogP) is 4.82. The third kappa shape index (κ3) is 4.73. The van der Waals surface area contributed by atoms with E-state index in [1.165, 1.54) is 18.5 Å². The second-order valence-corrected chi connectivity index (χ2v) is 8.54. The molecule has 182 valence electrons. The van der Waals surface area contributed by atoms with Crippen LogP contribution in [0.25, 0.3) is 22.3 Å². The second-order valence-electron chi connectivity index (χ2n) is 8.54. The Morgan fingerprint density at radius 1 is 1.06 bits per heavy atom. The molecule has 3 aromatic heterocycles. The molecular formula is C23H22F4N8. The highest BCUT2D eigenvalue weighted by Gasteiger charge is 2.64. The van der Waals surface area contributed by atoms with Gasteiger partial charge in [-0.2, -0.15) is 23.3 Å². The lowest BCUT2D eigenvalue weighted by atomic mass is 10.1. The van der Waals surface area contributed by atoms with Crippen LogP contribution in [0.1, 0.15) is 26.2 Å². The van der Waals surface area contributed by atoms with Gasteiger partial charge in [-0.05, 0) is 55.7 Å². The van der Waals surface area contributed by atoms with E-state index in [2.05, 4.69) is 35.7 Å². The fourth-order valence-electron chi connectivity index (χ4n) is 3.79. The molecule has 35 heavy (non-hydrogen) atoms. The second kappa shape index (κ2) is 8.75. The first-order valence-electron chi connectivity index (χ1n) is 11.1. The molecule has 0 bridgehead atoms. The smallest absolute Gasteiger partial charge is 0.354 e. The Bertz CT molecular complexity index is 1320. The molecule has 12 heteroatoms. The normalized spacial score (nSPS) is 15.7. The number of alkyl halides is 3. The third-order valence-corrected chi connectivity index (χ3v) is 6.03. The van der Waals surface area contributed by atoms with Crippen LogP contribution in [0.15, 0.2) is 49.1 Å². The molecule has 8 nitrogen and oxygen atoms in total. The number of rotatable bonds is 8. The summed E-state index contributed by atoms with van der Waals surface area (Å²) in [6, 6.07) is 8.94. The number of nitrogens with one attached hydrogen (secondary N) is 2. The lowest BCUT2D eigenvalue weighted by Crippen LogP contribution is -2.39. The van der Waals surface area contributed by atoms with Gasteiger partial charge < -0.3 is 10.6 Å². The maximum absolute atomic E-state index is 13.7. The molecule has 1 aromatic carbocycles. The van der Waals surface area contributed by atoms with Crippen LogP contribution in [0.4, 0.5) is 29.3 Å². The summed E-state index contributed by atoms with van der Waals surface area (Å²) in [5, 5.41) is 9.90. The highest BCUT2D eigenvalue weighted by molar-refractivity contribution is 5.88. The molecule has 1 aliphatic rings. The summed E-state index contributed by atoms with van der Waals surface area (Å²) >= 11 is 0. The Kier molecular flexibility index (Phi) is 5.73. The number of anilines is 2. The molecule has 1 saturated carbocycles. The number of aromatic nitrogens is 6. The van der Waals surface area contributed by atoms with Gasteiger partial charge in [0.15, 0.2) is 5.82 Å². The van der Waals surface area contributed by atoms with Crippen molar-refractivity contribution in [3.05, 3.63) is 54.9 Å². The van der Waals surface area contributed by atoms with E-state index < -0.39 is 17.5 Å². The molecule has 1 aliphatic carbocycles. The molecule has 0 amide bonds. The van der Waals surface area contributed by atoms with Gasteiger partial charge in [-0.3, -0.25) is 4.68 Å². The van der Waals surface area contributed by atoms with Crippen molar-refractivity contribution in [2.45, 2.75) is 50.5 Å². The SMILES string of the molecule is CC[C@@H](Cn1cncn1)Nc1nc(NC2(C(F)(F)F)CC2)c2nc(-c3ccc(F)cc3)ccc2n1. The number of benzene rings is 1. The van der Waals surface area contributed by atoms with E-state index in [-0.39, 0.29) is 36.2 Å². The lowest BCUT2D eigenvalue weighted by molar-refractivity contribution is -0.151. The molecule has 0 saturated heterocycles. The van der Waals surface area contributed by atoms with E-state index in [0.717, 1.165) is 0 Å². The van der Waals surface area contributed by atoms with Crippen LogP contribution in [-0.2, 0) is 6.54 Å². The van der Waals surface area contributed by atoms with E-state index >= 15 is 0 Å². The van der Waals surface area contributed by atoms with Crippen LogP contribution in [0, 0.1) is 5.82 Å². The topological polar surface area (TPSA) is 93.4 Å². The van der Waals surface area contributed by atoms with Gasteiger partial charge in [0.25, 0.3) is 0 Å². The predicted molar refractivity (Wildman–Crippen MR) is 122 cm³/mol. The molecule has 0 spiro atoms. The maximum atomic E-state index is 13.7. The van der Waals surface area contributed by atoms with E-state index in [9.17, 15) is 17.6 Å². The molecule has 2 N–H and O–H groups in total. The average Bonchev–Trinajstić information content (AvgIpc) is 3.45. The number of halogens is 4. The molecule has 0 radical (unpaired) electrons. The van der Waals surface area contributed by atoms with Gasteiger partial charge in [0.05, 0.1) is 17.8 Å². The average molecular weight is 486 g/mol. The monoisotopic (exact) mass is 486 g/mol. The van der Waals surface area contributed by atoms with Gasteiger partial charge in [-0.1, -0.05) is 6.92 Å². The van der Waals surface area contributed by atoms with Crippen molar-refractivity contribution < 1.29 is 17.6 Å². The van der Waals surface area contributed by atoms with E-state index in [0.29, 0.717) is 29.7 Å². The van der Waals surface area contributed by atoms with Crippen LogP contribution in [-0.4, -0.2) is 47.5 Å². The van der Waals surface area contributed by atoms with Gasteiger partial charge in [-0.25, -0.2) is 19.3 Å². The van der Waals surface area contributed by atoms with Gasteiger partial charge in [0, 0.05) is 11.6 Å². The Morgan fingerprint density at radius 3 is 2.46 bits per heavy atom. The first-order valence-corrected chi connectivity index (χ1v) is 11.1. The summed E-state index contributed by atoms with van der Waals surface area (Å²) in [4.78, 5) is 17.4. The summed E-state index contributed by atoms with van der Waals surface area (Å²) < 4.78 is 56.2. The van der Waals surface area contributed by atoms with Crippen molar-refractivity contribution in [1.82, 2.24) is 29.7 Å². The Balaban J connectivity index is 1.54. The van der Waals surface area contributed by atoms with Gasteiger partial charge >= 0.3 is 6.18 Å². The fourth-order valence-corrected chi connectivity index (χ4v) is 3.79. The summed E-state index contributed by atoms with van der Waals surface area (Å²) in [6.07, 6.45) is -0.833. The number of hydrogen-bond acceptors (Lipinski definition) is 7. The minimum atomic E-state index is -4.44. The lowest BCUT2D eigenvalue weighted by Gasteiger charge is -2.23. The van der Waals surface area contributed by atoms with Crippen LogP contribution >= 0.6 is 0 Å². The summed E-state index contributed by atoms with van der Waals surface area (Å²) in [5.41, 5.74) is -0.359. The molecule has 0 aliphatic heterocycles. The van der Waals surface area contributed by atoms with Crippen molar-refractivity contribution >= 4 is 22.8 Å². The quantitative estimate of drug-likeness (QED) is 0.345. The Hall–Kier alpha value is -3.83. The van der Waals surface area contributed by atoms with Crippen molar-refractivity contribution in [3.8, 4) is 11.3 Å². The van der Waals surface area contributed by atoms with Crippen molar-refractivity contribution in [3.63, 3.8) is 0 Å². The van der Waals surface area contributed by atoms with Gasteiger partial charge in [0.1, 0.15) is 29.5 Å². The molecule has 3 heterocycles. The van der Waals surface area contributed by atoms with Gasteiger partial charge in [0.2, 0.25) is 5.95 Å². The van der Waals surface area contributed by atoms with Crippen LogP contribution < -0.4 is 10.6 Å².